The number of amides is 2. The van der Waals surface area contributed by atoms with Crippen molar-refractivity contribution in [3.05, 3.63) is 35.8 Å². The Morgan fingerprint density at radius 3 is 2.96 bits per heavy atom. The van der Waals surface area contributed by atoms with E-state index in [0.29, 0.717) is 23.4 Å². The van der Waals surface area contributed by atoms with Crippen molar-refractivity contribution in [2.45, 2.75) is 6.42 Å². The molecule has 2 heterocycles. The maximum atomic E-state index is 13.8. The molecular formula is C17H16FN5O2S. The molecule has 2 aromatic rings. The van der Waals surface area contributed by atoms with Crippen LogP contribution in [0.1, 0.15) is 16.8 Å². The maximum Gasteiger partial charge on any atom is 0.254 e. The van der Waals surface area contributed by atoms with E-state index in [1.165, 1.54) is 31.4 Å². The number of anilines is 1. The first-order chi connectivity index (χ1) is 12.5. The average Bonchev–Trinajstić information content (AvgIpc) is 3.34. The summed E-state index contributed by atoms with van der Waals surface area (Å²) in [6.45, 7) is 1.29. The van der Waals surface area contributed by atoms with E-state index < -0.39 is 11.7 Å². The first-order valence-corrected chi connectivity index (χ1v) is 8.79. The van der Waals surface area contributed by atoms with E-state index in [1.807, 2.05) is 6.19 Å². The largest absolute Gasteiger partial charge is 0.355 e. The molecule has 1 aliphatic heterocycles. The Balaban J connectivity index is 1.88. The molecule has 0 radical (unpaired) electrons. The van der Waals surface area contributed by atoms with Crippen LogP contribution >= 0.6 is 11.3 Å². The molecule has 0 saturated carbocycles. The molecule has 2 amide bonds. The third-order valence-corrected chi connectivity index (χ3v) is 5.17. The van der Waals surface area contributed by atoms with Gasteiger partial charge in [0, 0.05) is 19.8 Å². The summed E-state index contributed by atoms with van der Waals surface area (Å²) in [7, 11) is 1.42. The van der Waals surface area contributed by atoms with E-state index in [4.69, 9.17) is 0 Å². The van der Waals surface area contributed by atoms with Gasteiger partial charge in [-0.15, -0.1) is 0 Å². The van der Waals surface area contributed by atoms with Gasteiger partial charge < -0.3 is 10.6 Å². The van der Waals surface area contributed by atoms with Crippen molar-refractivity contribution in [1.29, 1.82) is 5.26 Å². The molecule has 1 aromatic heterocycles. The highest BCUT2D eigenvalue weighted by molar-refractivity contribution is 7.19. The third kappa shape index (κ3) is 3.42. The molecule has 26 heavy (non-hydrogen) atoms. The van der Waals surface area contributed by atoms with Gasteiger partial charge in [-0.2, -0.15) is 10.2 Å². The molecule has 2 N–H and O–H groups in total. The Kier molecular flexibility index (Phi) is 5.25. The number of nitrogens with one attached hydrogen (secondary N) is 2. The molecule has 3 rings (SSSR count). The molecule has 0 bridgehead atoms. The number of hydrogen-bond acceptors (Lipinski definition) is 6. The first kappa shape index (κ1) is 18.0. The highest BCUT2D eigenvalue weighted by atomic mass is 32.1. The number of carbonyl (C=O) groups excluding carboxylic acids is 2. The zero-order valence-electron chi connectivity index (χ0n) is 14.0. The normalized spacial score (nSPS) is 16.1. The van der Waals surface area contributed by atoms with Crippen LogP contribution in [0.15, 0.2) is 24.4 Å². The van der Waals surface area contributed by atoms with Gasteiger partial charge in [0.25, 0.3) is 5.91 Å². The topological polar surface area (TPSA) is 98.1 Å². The minimum Gasteiger partial charge on any atom is -0.355 e. The maximum absolute atomic E-state index is 13.8. The smallest absolute Gasteiger partial charge is 0.254 e. The molecular weight excluding hydrogens is 357 g/mol. The molecule has 0 unspecified atom stereocenters. The Morgan fingerprint density at radius 2 is 2.31 bits per heavy atom. The fraction of sp³-hybridized carbons (Fsp3) is 0.294. The van der Waals surface area contributed by atoms with Crippen LogP contribution in [-0.4, -0.2) is 36.9 Å². The Hall–Kier alpha value is -2.83. The lowest BCUT2D eigenvalue weighted by molar-refractivity contribution is -0.121. The monoisotopic (exact) mass is 373 g/mol. The molecule has 1 saturated heterocycles. The fourth-order valence-corrected chi connectivity index (χ4v) is 3.60. The summed E-state index contributed by atoms with van der Waals surface area (Å²) >= 11 is 1.14. The van der Waals surface area contributed by atoms with Crippen molar-refractivity contribution in [1.82, 2.24) is 15.6 Å². The number of benzene rings is 1. The summed E-state index contributed by atoms with van der Waals surface area (Å²) in [5.41, 5.74) is 0.506. The van der Waals surface area contributed by atoms with Crippen molar-refractivity contribution in [2.75, 3.05) is 25.0 Å². The zero-order chi connectivity index (χ0) is 18.7. The quantitative estimate of drug-likeness (QED) is 0.628. The third-order valence-electron chi connectivity index (χ3n) is 4.14. The first-order valence-electron chi connectivity index (χ1n) is 7.97. The molecule has 7 nitrogen and oxygen atoms in total. The van der Waals surface area contributed by atoms with Crippen LogP contribution in [0.25, 0.3) is 10.4 Å². The number of nitriles is 1. The van der Waals surface area contributed by atoms with Gasteiger partial charge in [-0.3, -0.25) is 9.59 Å². The zero-order valence-corrected chi connectivity index (χ0v) is 14.8. The number of thiazole rings is 1. The van der Waals surface area contributed by atoms with Crippen LogP contribution in [-0.2, 0) is 4.79 Å². The van der Waals surface area contributed by atoms with Crippen molar-refractivity contribution in [3.8, 4) is 16.6 Å². The van der Waals surface area contributed by atoms with Crippen molar-refractivity contribution < 1.29 is 14.0 Å². The Labute approximate surface area is 153 Å². The highest BCUT2D eigenvalue weighted by Crippen LogP contribution is 2.32. The number of rotatable bonds is 4. The Morgan fingerprint density at radius 1 is 1.50 bits per heavy atom. The van der Waals surface area contributed by atoms with Gasteiger partial charge in [0.1, 0.15) is 5.82 Å². The minimum atomic E-state index is -0.625. The standard InChI is InChI=1S/C17H16FN5O2S/c1-20-15(24)12-6-10(2-3-13(12)18)14-8-22-17(26-14)23(9-19)16(25)11-4-5-21-7-11/h2-3,6,8,11,21H,4-5,7H2,1H3,(H,20,24)/t11-/m0/s1. The van der Waals surface area contributed by atoms with Crippen molar-refractivity contribution in [2.24, 2.45) is 5.92 Å². The second-order valence-electron chi connectivity index (χ2n) is 5.74. The summed E-state index contributed by atoms with van der Waals surface area (Å²) in [4.78, 5) is 30.0. The van der Waals surface area contributed by atoms with Gasteiger partial charge in [-0.1, -0.05) is 17.4 Å². The number of hydrogen-bond donors (Lipinski definition) is 2. The Bertz CT molecular complexity index is 886. The average molecular weight is 373 g/mol. The highest BCUT2D eigenvalue weighted by Gasteiger charge is 2.30. The lowest BCUT2D eigenvalue weighted by Gasteiger charge is -2.14. The van der Waals surface area contributed by atoms with Gasteiger partial charge in [0.2, 0.25) is 11.0 Å². The summed E-state index contributed by atoms with van der Waals surface area (Å²) in [5.74, 6) is -1.69. The van der Waals surface area contributed by atoms with E-state index in [0.717, 1.165) is 22.8 Å². The second-order valence-corrected chi connectivity index (χ2v) is 6.75. The molecule has 0 aliphatic carbocycles. The predicted octanol–water partition coefficient (Wildman–Crippen LogP) is 1.73. The molecule has 1 aromatic carbocycles. The van der Waals surface area contributed by atoms with E-state index in [1.54, 1.807) is 0 Å². The van der Waals surface area contributed by atoms with E-state index in [9.17, 15) is 19.2 Å². The number of halogens is 1. The number of nitrogens with zero attached hydrogens (tertiary/aromatic N) is 3. The van der Waals surface area contributed by atoms with Gasteiger partial charge >= 0.3 is 0 Å². The summed E-state index contributed by atoms with van der Waals surface area (Å²) in [6, 6.07) is 4.15. The minimum absolute atomic E-state index is 0.0785. The lowest BCUT2D eigenvalue weighted by Crippen LogP contribution is -2.33. The van der Waals surface area contributed by atoms with Crippen LogP contribution in [0.2, 0.25) is 0 Å². The predicted molar refractivity (Wildman–Crippen MR) is 95.0 cm³/mol. The fourth-order valence-electron chi connectivity index (χ4n) is 2.72. The van der Waals surface area contributed by atoms with Gasteiger partial charge in [0.05, 0.1) is 16.4 Å². The van der Waals surface area contributed by atoms with Crippen LogP contribution in [0.5, 0.6) is 0 Å². The molecule has 1 aliphatic rings. The number of carbonyl (C=O) groups is 2. The second kappa shape index (κ2) is 7.59. The molecule has 9 heteroatoms. The molecule has 0 spiro atoms. The summed E-state index contributed by atoms with van der Waals surface area (Å²) in [5, 5.41) is 15.1. The molecule has 1 fully saturated rings. The summed E-state index contributed by atoms with van der Waals surface area (Å²) in [6.07, 6.45) is 4.08. The van der Waals surface area contributed by atoms with E-state index >= 15 is 0 Å². The van der Waals surface area contributed by atoms with Crippen molar-refractivity contribution >= 4 is 28.3 Å². The van der Waals surface area contributed by atoms with Crippen LogP contribution in [0.4, 0.5) is 9.52 Å². The summed E-state index contributed by atoms with van der Waals surface area (Å²) < 4.78 is 13.8. The van der Waals surface area contributed by atoms with Gasteiger partial charge in [-0.25, -0.2) is 9.37 Å². The van der Waals surface area contributed by atoms with E-state index in [-0.39, 0.29) is 22.5 Å². The van der Waals surface area contributed by atoms with Crippen LogP contribution < -0.4 is 15.5 Å². The van der Waals surface area contributed by atoms with Gasteiger partial charge in [0.15, 0.2) is 6.19 Å². The van der Waals surface area contributed by atoms with Gasteiger partial charge in [-0.05, 0) is 30.7 Å². The van der Waals surface area contributed by atoms with Crippen LogP contribution in [0.3, 0.4) is 0 Å². The van der Waals surface area contributed by atoms with E-state index in [2.05, 4.69) is 15.6 Å². The SMILES string of the molecule is CNC(=O)c1cc(-c2cnc(N(C#N)C(=O)[C@H]3CCNC3)s2)ccc1F. The molecule has 134 valence electrons. The molecule has 1 atom stereocenters. The van der Waals surface area contributed by atoms with Crippen LogP contribution in [0, 0.1) is 23.2 Å². The lowest BCUT2D eigenvalue weighted by atomic mass is 10.1. The van der Waals surface area contributed by atoms with Crippen molar-refractivity contribution in [3.63, 3.8) is 0 Å². The number of aromatic nitrogens is 1.